The highest BCUT2D eigenvalue weighted by atomic mass is 35.5. The van der Waals surface area contributed by atoms with Crippen LogP contribution in [0.1, 0.15) is 22.7 Å². The Hall–Kier alpha value is -1.81. The predicted octanol–water partition coefficient (Wildman–Crippen LogP) is -1.28. The molecule has 1 aliphatic heterocycles. The lowest BCUT2D eigenvalue weighted by Gasteiger charge is -2.34. The zero-order chi connectivity index (χ0) is 24.1. The Morgan fingerprint density at radius 1 is 1.19 bits per heavy atom. The van der Waals surface area contributed by atoms with Crippen LogP contribution in [0.2, 0.25) is 0 Å². The number of methoxy groups -OCH3 is 1. The summed E-state index contributed by atoms with van der Waals surface area (Å²) < 4.78 is 54.1. The van der Waals surface area contributed by atoms with Gasteiger partial charge in [0.25, 0.3) is 20.4 Å². The molecule has 0 radical (unpaired) electrons. The third-order valence-corrected chi connectivity index (χ3v) is 7.41. The minimum absolute atomic E-state index is 0.0432. The Balaban J connectivity index is 2.15. The highest BCUT2D eigenvalue weighted by Crippen LogP contribution is 2.22. The van der Waals surface area contributed by atoms with E-state index in [9.17, 15) is 26.4 Å². The molecule has 4 N–H and O–H groups in total. The van der Waals surface area contributed by atoms with Gasteiger partial charge >= 0.3 is 5.97 Å². The maximum Gasteiger partial charge on any atom is 0.328 e. The van der Waals surface area contributed by atoms with Gasteiger partial charge in [0, 0.05) is 32.7 Å². The smallest absolute Gasteiger partial charge is 0.328 e. The van der Waals surface area contributed by atoms with Crippen LogP contribution >= 0.6 is 11.6 Å². The number of esters is 1. The van der Waals surface area contributed by atoms with Crippen molar-refractivity contribution in [3.8, 4) is 0 Å². The van der Waals surface area contributed by atoms with Gasteiger partial charge in [0.2, 0.25) is 5.91 Å². The van der Waals surface area contributed by atoms with E-state index in [2.05, 4.69) is 9.64 Å². The molecule has 0 aliphatic carbocycles. The summed E-state index contributed by atoms with van der Waals surface area (Å²) in [7, 11) is -8.17. The van der Waals surface area contributed by atoms with Crippen molar-refractivity contribution in [1.29, 1.82) is 0 Å². The van der Waals surface area contributed by atoms with Gasteiger partial charge in [-0.1, -0.05) is 22.3 Å². The van der Waals surface area contributed by atoms with Gasteiger partial charge in [-0.15, -0.1) is 11.6 Å². The average Bonchev–Trinajstić information content (AvgIpc) is 2.70. The first-order valence-corrected chi connectivity index (χ1v) is 13.0. The highest BCUT2D eigenvalue weighted by molar-refractivity contribution is 8.02. The van der Waals surface area contributed by atoms with Gasteiger partial charge in [0.15, 0.2) is 0 Å². The van der Waals surface area contributed by atoms with E-state index >= 15 is 0 Å². The summed E-state index contributed by atoms with van der Waals surface area (Å²) in [5.74, 6) is -1.07. The topological polar surface area (TPSA) is 168 Å². The molecule has 0 saturated carbocycles. The molecule has 0 bridgehead atoms. The van der Waals surface area contributed by atoms with Crippen molar-refractivity contribution >= 4 is 43.9 Å². The number of nitrogens with one attached hydrogen (secondary N) is 2. The predicted molar refractivity (Wildman–Crippen MR) is 117 cm³/mol. The normalized spacial score (nSPS) is 16.6. The molecular weight excluding hydrogens is 486 g/mol. The monoisotopic (exact) mass is 511 g/mol. The minimum Gasteiger partial charge on any atom is -0.468 e. The molecule has 180 valence electrons. The summed E-state index contributed by atoms with van der Waals surface area (Å²) in [6.07, 6.45) is 0. The highest BCUT2D eigenvalue weighted by Gasteiger charge is 2.30. The van der Waals surface area contributed by atoms with Gasteiger partial charge in [0.05, 0.1) is 7.11 Å². The van der Waals surface area contributed by atoms with Crippen LogP contribution in [0.3, 0.4) is 0 Å². The number of piperazine rings is 1. The van der Waals surface area contributed by atoms with E-state index in [-0.39, 0.29) is 17.4 Å². The maximum atomic E-state index is 12.2. The van der Waals surface area contributed by atoms with Crippen LogP contribution in [-0.2, 0) is 41.3 Å². The maximum absolute atomic E-state index is 12.2. The molecule has 15 heteroatoms. The molecule has 1 aliphatic rings. The molecule has 1 aromatic carbocycles. The number of nitrogens with zero attached hydrogens (tertiary/aromatic N) is 2. The van der Waals surface area contributed by atoms with Crippen LogP contribution in [0.25, 0.3) is 0 Å². The first kappa shape index (κ1) is 26.4. The van der Waals surface area contributed by atoms with Gasteiger partial charge in [0.1, 0.15) is 11.9 Å². The van der Waals surface area contributed by atoms with Crippen molar-refractivity contribution in [2.45, 2.75) is 19.5 Å². The Bertz CT molecular complexity index is 1060. The lowest BCUT2D eigenvalue weighted by Crippen LogP contribution is -2.48. The molecule has 1 unspecified atom stereocenters. The molecule has 1 saturated heterocycles. The van der Waals surface area contributed by atoms with Crippen molar-refractivity contribution in [2.24, 2.45) is 5.14 Å². The van der Waals surface area contributed by atoms with Gasteiger partial charge in [-0.05, 0) is 23.6 Å². The standard InChI is InChI=1S/C17H26ClN5O7S2/c1-12-9-13(11-22-5-7-23(8-6-22)15(24)10-18)3-4-14(12)16(17(25)30-2)20-32(28,29)21-31(19,26)27/h3-4,9,16,20-21H,5-8,10-11H2,1-2H3,(H2,19,26,27). The number of hydrogen-bond acceptors (Lipinski definition) is 8. The van der Waals surface area contributed by atoms with E-state index in [0.717, 1.165) is 12.7 Å². The van der Waals surface area contributed by atoms with Crippen molar-refractivity contribution in [3.05, 3.63) is 34.9 Å². The number of carbonyl (C=O) groups excluding carboxylic acids is 2. The first-order chi connectivity index (χ1) is 14.8. The Morgan fingerprint density at radius 2 is 1.81 bits per heavy atom. The van der Waals surface area contributed by atoms with Crippen LogP contribution in [0.15, 0.2) is 18.2 Å². The van der Waals surface area contributed by atoms with E-state index in [4.69, 9.17) is 16.7 Å². The number of alkyl halides is 1. The van der Waals surface area contributed by atoms with E-state index in [1.165, 1.54) is 4.13 Å². The zero-order valence-electron chi connectivity index (χ0n) is 17.6. The molecular formula is C17H26ClN5O7S2. The lowest BCUT2D eigenvalue weighted by atomic mass is 9.99. The number of hydrogen-bond donors (Lipinski definition) is 3. The Kier molecular flexibility index (Phi) is 8.98. The van der Waals surface area contributed by atoms with E-state index in [1.54, 1.807) is 30.0 Å². The van der Waals surface area contributed by atoms with Crippen molar-refractivity contribution < 1.29 is 31.2 Å². The molecule has 1 aromatic rings. The summed E-state index contributed by atoms with van der Waals surface area (Å²) in [6.45, 7) is 4.77. The number of nitrogens with two attached hydrogens (primary N) is 1. The SMILES string of the molecule is COC(=O)C(NS(=O)(=O)NS(N)(=O)=O)c1ccc(CN2CCN(C(=O)CCl)CC2)cc1C. The Morgan fingerprint density at radius 3 is 2.31 bits per heavy atom. The minimum atomic E-state index is -4.67. The second kappa shape index (κ2) is 10.9. The summed E-state index contributed by atoms with van der Waals surface area (Å²) in [5.41, 5.74) is 1.79. The summed E-state index contributed by atoms with van der Waals surface area (Å²) in [5, 5.41) is 4.71. The van der Waals surface area contributed by atoms with Crippen LogP contribution in [0, 0.1) is 6.92 Å². The second-order valence-electron chi connectivity index (χ2n) is 7.19. The van der Waals surface area contributed by atoms with Crippen LogP contribution in [0.4, 0.5) is 0 Å². The van der Waals surface area contributed by atoms with E-state index in [0.29, 0.717) is 38.3 Å². The van der Waals surface area contributed by atoms with Gasteiger partial charge in [-0.25, -0.2) is 9.93 Å². The lowest BCUT2D eigenvalue weighted by molar-refractivity contribution is -0.142. The number of benzene rings is 1. The van der Waals surface area contributed by atoms with Gasteiger partial charge in [-0.3, -0.25) is 9.69 Å². The Labute approximate surface area is 192 Å². The molecule has 0 spiro atoms. The molecule has 1 atom stereocenters. The number of halogens is 1. The molecule has 12 nitrogen and oxygen atoms in total. The molecule has 1 heterocycles. The fourth-order valence-corrected chi connectivity index (χ4v) is 5.46. The number of rotatable bonds is 9. The summed E-state index contributed by atoms with van der Waals surface area (Å²) >= 11 is 5.59. The van der Waals surface area contributed by atoms with Crippen molar-refractivity contribution in [3.63, 3.8) is 0 Å². The van der Waals surface area contributed by atoms with Crippen molar-refractivity contribution in [2.75, 3.05) is 39.2 Å². The number of aryl methyl sites for hydroxylation is 1. The van der Waals surface area contributed by atoms with E-state index in [1.807, 2.05) is 4.72 Å². The van der Waals surface area contributed by atoms with Crippen LogP contribution in [-0.4, -0.2) is 77.7 Å². The quantitative estimate of drug-likeness (QED) is 0.272. The van der Waals surface area contributed by atoms with Crippen LogP contribution < -0.4 is 14.0 Å². The van der Waals surface area contributed by atoms with Crippen molar-refractivity contribution in [1.82, 2.24) is 18.6 Å². The first-order valence-electron chi connectivity index (χ1n) is 9.42. The third-order valence-electron chi connectivity index (χ3n) is 4.83. The van der Waals surface area contributed by atoms with E-state index < -0.39 is 32.4 Å². The number of carbonyl (C=O) groups is 2. The number of amides is 1. The molecule has 1 fully saturated rings. The molecule has 2 rings (SSSR count). The second-order valence-corrected chi connectivity index (χ2v) is 10.5. The molecule has 0 aromatic heterocycles. The summed E-state index contributed by atoms with van der Waals surface area (Å²) in [4.78, 5) is 27.8. The third kappa shape index (κ3) is 7.65. The largest absolute Gasteiger partial charge is 0.468 e. The fraction of sp³-hybridized carbons (Fsp3) is 0.529. The molecule has 32 heavy (non-hydrogen) atoms. The molecule has 1 amide bonds. The summed E-state index contributed by atoms with van der Waals surface area (Å²) in [6, 6.07) is 3.61. The zero-order valence-corrected chi connectivity index (χ0v) is 20.0. The van der Waals surface area contributed by atoms with Gasteiger partial charge in [-0.2, -0.15) is 21.6 Å². The fourth-order valence-electron chi connectivity index (χ4n) is 3.35. The number of ether oxygens (including phenoxy) is 1. The average molecular weight is 512 g/mol. The van der Waals surface area contributed by atoms with Crippen LogP contribution in [0.5, 0.6) is 0 Å². The van der Waals surface area contributed by atoms with Gasteiger partial charge < -0.3 is 9.64 Å².